The fourth-order valence-electron chi connectivity index (χ4n) is 0.425. The number of rotatable bonds is 2. The summed E-state index contributed by atoms with van der Waals surface area (Å²) in [4.78, 5) is 2.36. The Morgan fingerprint density at radius 2 is 1.75 bits per heavy atom. The summed E-state index contributed by atoms with van der Waals surface area (Å²) < 4.78 is 0. The molecule has 0 amide bonds. The second-order valence-corrected chi connectivity index (χ2v) is 5.72. The maximum atomic E-state index is 4.26. The highest BCUT2D eigenvalue weighted by Crippen LogP contribution is 2.24. The van der Waals surface area contributed by atoms with Crippen LogP contribution in [0.2, 0.25) is 0 Å². The van der Waals surface area contributed by atoms with Gasteiger partial charge in [-0.05, 0) is 34.5 Å². The standard InChI is InChI=1S/C10H18S2/c1-8(11)9(2)12-7-6-10(3,4)5/h6-7,11H,1-5H3/b7-6+,9-8+. The predicted octanol–water partition coefficient (Wildman–Crippen LogP) is 4.46. The third-order valence-corrected chi connectivity index (χ3v) is 2.74. The molecule has 0 bridgehead atoms. The molecule has 0 aliphatic rings. The molecule has 0 N–H and O–H groups in total. The first kappa shape index (κ1) is 12.2. The van der Waals surface area contributed by atoms with Gasteiger partial charge < -0.3 is 0 Å². The van der Waals surface area contributed by atoms with Crippen LogP contribution >= 0.6 is 24.4 Å². The fourth-order valence-corrected chi connectivity index (χ4v) is 1.43. The summed E-state index contributed by atoms with van der Waals surface area (Å²) in [7, 11) is 0. The average molecular weight is 202 g/mol. The van der Waals surface area contributed by atoms with Crippen molar-refractivity contribution < 1.29 is 0 Å². The molecule has 0 rings (SSSR count). The monoisotopic (exact) mass is 202 g/mol. The summed E-state index contributed by atoms with van der Waals surface area (Å²) in [6, 6.07) is 0. The van der Waals surface area contributed by atoms with Gasteiger partial charge in [0.05, 0.1) is 0 Å². The van der Waals surface area contributed by atoms with Gasteiger partial charge in [-0.1, -0.05) is 26.8 Å². The molecule has 2 heteroatoms. The van der Waals surface area contributed by atoms with Gasteiger partial charge in [0, 0.05) is 0 Å². The Morgan fingerprint density at radius 1 is 1.25 bits per heavy atom. The van der Waals surface area contributed by atoms with Gasteiger partial charge in [-0.25, -0.2) is 0 Å². The van der Waals surface area contributed by atoms with Crippen LogP contribution in [0.1, 0.15) is 34.6 Å². The van der Waals surface area contributed by atoms with Crippen molar-refractivity contribution in [1.29, 1.82) is 0 Å². The first-order valence-corrected chi connectivity index (χ1v) is 5.36. The van der Waals surface area contributed by atoms with Crippen LogP contribution in [0.5, 0.6) is 0 Å². The van der Waals surface area contributed by atoms with Gasteiger partial charge in [-0.3, -0.25) is 0 Å². The molecule has 0 aromatic heterocycles. The molecule has 0 aliphatic heterocycles. The zero-order chi connectivity index (χ0) is 9.78. The SMILES string of the molecule is C/C(S)=C(/C)S/C=C/C(C)(C)C. The van der Waals surface area contributed by atoms with Crippen molar-refractivity contribution in [3.63, 3.8) is 0 Å². The molecule has 0 saturated heterocycles. The fraction of sp³-hybridized carbons (Fsp3) is 0.600. The Bertz CT molecular complexity index is 190. The molecule has 0 unspecified atom stereocenters. The molecule has 0 saturated carbocycles. The van der Waals surface area contributed by atoms with Crippen LogP contribution in [0.25, 0.3) is 0 Å². The lowest BCUT2D eigenvalue weighted by atomic mass is 9.98. The zero-order valence-electron chi connectivity index (χ0n) is 8.51. The molecule has 0 aromatic rings. The van der Waals surface area contributed by atoms with Crippen LogP contribution in [0, 0.1) is 5.41 Å². The minimum Gasteiger partial charge on any atom is -0.147 e. The Balaban J connectivity index is 4.01. The van der Waals surface area contributed by atoms with E-state index in [0.717, 1.165) is 4.91 Å². The lowest BCUT2D eigenvalue weighted by molar-refractivity contribution is 0.545. The van der Waals surface area contributed by atoms with E-state index in [2.05, 4.69) is 51.8 Å². The number of allylic oxidation sites excluding steroid dienone is 3. The summed E-state index contributed by atoms with van der Waals surface area (Å²) in [5, 5.41) is 2.13. The molecular formula is C10H18S2. The smallest absolute Gasteiger partial charge is 0.00499 e. The quantitative estimate of drug-likeness (QED) is 0.645. The molecule has 70 valence electrons. The third kappa shape index (κ3) is 6.86. The Hall–Kier alpha value is 0.180. The van der Waals surface area contributed by atoms with E-state index >= 15 is 0 Å². The molecule has 12 heavy (non-hydrogen) atoms. The van der Waals surface area contributed by atoms with E-state index in [1.807, 2.05) is 6.92 Å². The van der Waals surface area contributed by atoms with E-state index in [9.17, 15) is 0 Å². The van der Waals surface area contributed by atoms with E-state index in [1.54, 1.807) is 11.8 Å². The summed E-state index contributed by atoms with van der Waals surface area (Å²) in [6.45, 7) is 10.7. The highest BCUT2D eigenvalue weighted by atomic mass is 32.2. The van der Waals surface area contributed by atoms with Crippen LogP contribution in [0.3, 0.4) is 0 Å². The first-order chi connectivity index (χ1) is 5.33. The second-order valence-electron chi connectivity index (χ2n) is 3.93. The number of thiol groups is 1. The van der Waals surface area contributed by atoms with Gasteiger partial charge in [0.25, 0.3) is 0 Å². The van der Waals surface area contributed by atoms with Crippen molar-refractivity contribution in [3.8, 4) is 0 Å². The predicted molar refractivity (Wildman–Crippen MR) is 63.5 cm³/mol. The second kappa shape index (κ2) is 5.03. The maximum Gasteiger partial charge on any atom is -0.00499 e. The van der Waals surface area contributed by atoms with Crippen LogP contribution in [0.4, 0.5) is 0 Å². The van der Waals surface area contributed by atoms with Crippen molar-refractivity contribution in [2.75, 3.05) is 0 Å². The number of hydrogen-bond donors (Lipinski definition) is 1. The van der Waals surface area contributed by atoms with Crippen molar-refractivity contribution in [1.82, 2.24) is 0 Å². The summed E-state index contributed by atoms with van der Waals surface area (Å²) in [6.07, 6.45) is 2.21. The van der Waals surface area contributed by atoms with Crippen molar-refractivity contribution in [2.45, 2.75) is 34.6 Å². The molecule has 0 atom stereocenters. The highest BCUT2D eigenvalue weighted by molar-refractivity contribution is 8.06. The third-order valence-electron chi connectivity index (χ3n) is 1.32. The largest absolute Gasteiger partial charge is 0.147 e. The van der Waals surface area contributed by atoms with Crippen molar-refractivity contribution >= 4 is 24.4 Å². The topological polar surface area (TPSA) is 0 Å². The number of thioether (sulfide) groups is 1. The van der Waals surface area contributed by atoms with Crippen LogP contribution in [-0.2, 0) is 0 Å². The molecule has 0 nitrogen and oxygen atoms in total. The normalized spacial score (nSPS) is 15.2. The van der Waals surface area contributed by atoms with E-state index in [0.29, 0.717) is 0 Å². The lowest BCUT2D eigenvalue weighted by Gasteiger charge is -2.10. The summed E-state index contributed by atoms with van der Waals surface area (Å²) >= 11 is 6.00. The van der Waals surface area contributed by atoms with Gasteiger partial charge in [0.15, 0.2) is 0 Å². The van der Waals surface area contributed by atoms with Crippen LogP contribution in [0.15, 0.2) is 21.3 Å². The molecule has 0 spiro atoms. The molecule has 0 heterocycles. The molecule has 0 aliphatic carbocycles. The summed E-state index contributed by atoms with van der Waals surface area (Å²) in [5.41, 5.74) is 0.276. The van der Waals surface area contributed by atoms with E-state index in [4.69, 9.17) is 0 Å². The number of hydrogen-bond acceptors (Lipinski definition) is 2. The molecule has 0 radical (unpaired) electrons. The summed E-state index contributed by atoms with van der Waals surface area (Å²) in [5.74, 6) is 0. The first-order valence-electron chi connectivity index (χ1n) is 4.04. The molecule has 0 fully saturated rings. The van der Waals surface area contributed by atoms with Gasteiger partial charge in [0.2, 0.25) is 0 Å². The Labute approximate surface area is 85.9 Å². The Morgan fingerprint density at radius 3 is 2.08 bits per heavy atom. The van der Waals surface area contributed by atoms with Gasteiger partial charge in [-0.15, -0.1) is 24.4 Å². The molecule has 0 aromatic carbocycles. The van der Waals surface area contributed by atoms with Gasteiger partial charge >= 0.3 is 0 Å². The minimum atomic E-state index is 0.276. The van der Waals surface area contributed by atoms with E-state index in [1.165, 1.54) is 4.91 Å². The van der Waals surface area contributed by atoms with Crippen LogP contribution < -0.4 is 0 Å². The maximum absolute atomic E-state index is 4.26. The van der Waals surface area contributed by atoms with E-state index in [-0.39, 0.29) is 5.41 Å². The lowest BCUT2D eigenvalue weighted by Crippen LogP contribution is -1.97. The molecular weight excluding hydrogens is 184 g/mol. The zero-order valence-corrected chi connectivity index (χ0v) is 10.2. The minimum absolute atomic E-state index is 0.276. The van der Waals surface area contributed by atoms with Crippen molar-refractivity contribution in [3.05, 3.63) is 21.3 Å². The Kier molecular flexibility index (Phi) is 5.10. The van der Waals surface area contributed by atoms with Crippen LogP contribution in [-0.4, -0.2) is 0 Å². The highest BCUT2D eigenvalue weighted by Gasteiger charge is 2.03. The average Bonchev–Trinajstić information content (AvgIpc) is 1.84. The van der Waals surface area contributed by atoms with Crippen molar-refractivity contribution in [2.24, 2.45) is 5.41 Å². The van der Waals surface area contributed by atoms with E-state index < -0.39 is 0 Å². The van der Waals surface area contributed by atoms with Gasteiger partial charge in [-0.2, -0.15) is 0 Å². The van der Waals surface area contributed by atoms with Gasteiger partial charge in [0.1, 0.15) is 0 Å².